The van der Waals surface area contributed by atoms with Crippen molar-refractivity contribution in [2.45, 2.75) is 86.5 Å². The van der Waals surface area contributed by atoms with Crippen LogP contribution < -0.4 is 0 Å². The van der Waals surface area contributed by atoms with Crippen molar-refractivity contribution in [1.82, 2.24) is 4.98 Å². The third-order valence-electron chi connectivity index (χ3n) is 6.74. The van der Waals surface area contributed by atoms with Gasteiger partial charge in [-0.15, -0.1) is 35.0 Å². The van der Waals surface area contributed by atoms with Crippen LogP contribution in [0.15, 0.2) is 48.4 Å². The number of aromatic nitrogens is 1. The minimum atomic E-state index is -0.417. The zero-order valence-corrected chi connectivity index (χ0v) is 25.3. The van der Waals surface area contributed by atoms with E-state index in [1.54, 1.807) is 0 Å². The Bertz CT molecular complexity index is 1270. The van der Waals surface area contributed by atoms with E-state index in [1.807, 2.05) is 53.7 Å². The molecule has 1 aromatic heterocycles. The first-order chi connectivity index (χ1) is 15.4. The van der Waals surface area contributed by atoms with E-state index in [1.165, 1.54) is 34.4 Å². The van der Waals surface area contributed by atoms with Gasteiger partial charge in [0.15, 0.2) is 5.78 Å². The molecule has 0 fully saturated rings. The van der Waals surface area contributed by atoms with E-state index in [4.69, 9.17) is 4.98 Å². The number of nitrogens with zero attached hydrogens (tertiary/aromatic N) is 1. The van der Waals surface area contributed by atoms with Crippen LogP contribution in [0.3, 0.4) is 0 Å². The van der Waals surface area contributed by atoms with Gasteiger partial charge in [-0.25, -0.2) is 0 Å². The molecule has 1 aliphatic rings. The Kier molecular flexibility index (Phi) is 8.17. The third-order valence-corrected chi connectivity index (χ3v) is 6.74. The molecule has 1 aliphatic carbocycles. The molecule has 4 heteroatoms. The van der Waals surface area contributed by atoms with Gasteiger partial charge in [0.05, 0.1) is 0 Å². The fourth-order valence-corrected chi connectivity index (χ4v) is 4.94. The SMILES string of the molecule is CC(C)(C)C(=O)C=C(O)C(C)(C)C.CC1(C)CC(C)(C)c2c1cnc1c2ccc2ccc[c-]c21.[Ir]. The molecule has 0 atom stereocenters. The monoisotopic (exact) mass is 651 g/mol. The second-order valence-electron chi connectivity index (χ2n) is 13.0. The van der Waals surface area contributed by atoms with Crippen LogP contribution in [0.5, 0.6) is 0 Å². The number of hydrogen-bond donors (Lipinski definition) is 1. The minimum Gasteiger partial charge on any atom is -0.512 e. The van der Waals surface area contributed by atoms with Crippen LogP contribution in [0.2, 0.25) is 0 Å². The van der Waals surface area contributed by atoms with Crippen molar-refractivity contribution >= 4 is 27.5 Å². The van der Waals surface area contributed by atoms with Gasteiger partial charge in [-0.05, 0) is 39.3 Å². The van der Waals surface area contributed by atoms with Gasteiger partial charge in [0.1, 0.15) is 5.76 Å². The summed E-state index contributed by atoms with van der Waals surface area (Å²) in [6.07, 6.45) is 4.61. The summed E-state index contributed by atoms with van der Waals surface area (Å²) in [5.74, 6) is 0.104. The molecule has 0 bridgehead atoms. The van der Waals surface area contributed by atoms with Crippen LogP contribution >= 0.6 is 0 Å². The van der Waals surface area contributed by atoms with E-state index in [-0.39, 0.29) is 47.9 Å². The maximum absolute atomic E-state index is 11.5. The molecule has 0 saturated carbocycles. The van der Waals surface area contributed by atoms with Gasteiger partial charge < -0.3 is 10.1 Å². The molecule has 191 valence electrons. The predicted octanol–water partition coefficient (Wildman–Crippen LogP) is 8.23. The van der Waals surface area contributed by atoms with Gasteiger partial charge in [0.25, 0.3) is 0 Å². The number of fused-ring (bicyclic) bond motifs is 5. The summed E-state index contributed by atoms with van der Waals surface area (Å²) in [4.78, 5) is 16.3. The molecule has 3 nitrogen and oxygen atoms in total. The number of rotatable bonds is 1. The number of aliphatic hydroxyl groups is 1. The Hall–Kier alpha value is -2.03. The summed E-state index contributed by atoms with van der Waals surface area (Å²) < 4.78 is 0. The zero-order chi connectivity index (χ0) is 25.7. The zero-order valence-electron chi connectivity index (χ0n) is 22.9. The van der Waals surface area contributed by atoms with Gasteiger partial charge in [-0.1, -0.05) is 81.4 Å². The summed E-state index contributed by atoms with van der Waals surface area (Å²) in [6.45, 7) is 20.5. The number of hydrogen-bond acceptors (Lipinski definition) is 3. The van der Waals surface area contributed by atoms with Crippen molar-refractivity contribution in [2.24, 2.45) is 10.8 Å². The fraction of sp³-hybridized carbons (Fsp3) is 0.484. The van der Waals surface area contributed by atoms with Crippen LogP contribution in [-0.4, -0.2) is 15.9 Å². The first-order valence-corrected chi connectivity index (χ1v) is 12.1. The Morgan fingerprint density at radius 3 is 2.20 bits per heavy atom. The summed E-state index contributed by atoms with van der Waals surface area (Å²) >= 11 is 0. The number of benzene rings is 2. The summed E-state index contributed by atoms with van der Waals surface area (Å²) in [6, 6.07) is 14.0. The summed E-state index contributed by atoms with van der Waals surface area (Å²) in [5.41, 5.74) is 3.63. The fourth-order valence-electron chi connectivity index (χ4n) is 4.94. The van der Waals surface area contributed by atoms with Gasteiger partial charge in [-0.3, -0.25) is 4.79 Å². The van der Waals surface area contributed by atoms with Crippen LogP contribution in [0, 0.1) is 16.9 Å². The van der Waals surface area contributed by atoms with Gasteiger partial charge in [-0.2, -0.15) is 0 Å². The first kappa shape index (κ1) is 29.2. The number of carbonyl (C=O) groups is 1. The molecule has 2 aromatic carbocycles. The summed E-state index contributed by atoms with van der Waals surface area (Å²) in [5, 5.41) is 13.2. The van der Waals surface area contributed by atoms with Crippen molar-refractivity contribution < 1.29 is 30.0 Å². The normalized spacial score (nSPS) is 16.8. The molecule has 1 heterocycles. The minimum absolute atomic E-state index is 0. The maximum Gasteiger partial charge on any atom is 0.164 e. The molecule has 0 aliphatic heterocycles. The van der Waals surface area contributed by atoms with E-state index in [0.717, 1.165) is 10.9 Å². The number of allylic oxidation sites excluding steroid dienone is 2. The number of pyridine rings is 1. The van der Waals surface area contributed by atoms with Crippen LogP contribution in [-0.2, 0) is 35.7 Å². The van der Waals surface area contributed by atoms with Crippen molar-refractivity contribution in [3.8, 4) is 0 Å². The Balaban J connectivity index is 0.000000271. The average Bonchev–Trinajstić information content (AvgIpc) is 2.90. The largest absolute Gasteiger partial charge is 0.512 e. The maximum atomic E-state index is 11.5. The molecule has 4 rings (SSSR count). The van der Waals surface area contributed by atoms with Crippen molar-refractivity contribution in [3.63, 3.8) is 0 Å². The quantitative estimate of drug-likeness (QED) is 0.125. The first-order valence-electron chi connectivity index (χ1n) is 12.1. The predicted molar refractivity (Wildman–Crippen MR) is 143 cm³/mol. The van der Waals surface area contributed by atoms with E-state index >= 15 is 0 Å². The number of aliphatic hydroxyl groups excluding tert-OH is 1. The van der Waals surface area contributed by atoms with E-state index in [9.17, 15) is 9.90 Å². The molecule has 1 radical (unpaired) electrons. The smallest absolute Gasteiger partial charge is 0.164 e. The van der Waals surface area contributed by atoms with Gasteiger partial charge in [0, 0.05) is 43.2 Å². The number of ketones is 1. The number of carbonyl (C=O) groups excluding carboxylic acids is 1. The molecule has 3 aromatic rings. The van der Waals surface area contributed by atoms with Crippen LogP contribution in [0.1, 0.15) is 86.8 Å². The second kappa shape index (κ2) is 9.79. The Morgan fingerprint density at radius 1 is 1.00 bits per heavy atom. The standard InChI is InChI=1S/C20H20N.C11H20O2.Ir/c1-19(2)12-20(3,4)17-15-10-9-13-7-5-6-8-14(13)18(15)21-11-16(17)19;1-10(2,3)8(12)7-9(13)11(4,5)6;/h5-7,9-11H,12H2,1-4H3;7,12H,1-6H3;/q-1;;. The third kappa shape index (κ3) is 6.04. The van der Waals surface area contributed by atoms with Crippen LogP contribution in [0.25, 0.3) is 21.7 Å². The van der Waals surface area contributed by atoms with Crippen LogP contribution in [0.4, 0.5) is 0 Å². The van der Waals surface area contributed by atoms with E-state index in [2.05, 4.69) is 58.2 Å². The topological polar surface area (TPSA) is 50.2 Å². The molecule has 1 N–H and O–H groups in total. The van der Waals surface area contributed by atoms with Gasteiger partial charge in [0.2, 0.25) is 0 Å². The average molecular weight is 651 g/mol. The molecule has 0 spiro atoms. The van der Waals surface area contributed by atoms with Crippen molar-refractivity contribution in [2.75, 3.05) is 0 Å². The second-order valence-corrected chi connectivity index (χ2v) is 13.0. The molecular weight excluding hydrogens is 611 g/mol. The molecule has 0 unspecified atom stereocenters. The van der Waals surface area contributed by atoms with Crippen molar-refractivity contribution in [1.29, 1.82) is 0 Å². The molecular formula is C31H40IrNO2-. The van der Waals surface area contributed by atoms with Gasteiger partial charge >= 0.3 is 0 Å². The summed E-state index contributed by atoms with van der Waals surface area (Å²) in [7, 11) is 0. The van der Waals surface area contributed by atoms with E-state index in [0.29, 0.717) is 0 Å². The van der Waals surface area contributed by atoms with Crippen molar-refractivity contribution in [3.05, 3.63) is 65.6 Å². The molecule has 0 saturated heterocycles. The Morgan fingerprint density at radius 2 is 1.63 bits per heavy atom. The molecule has 0 amide bonds. The van der Waals surface area contributed by atoms with E-state index < -0.39 is 5.41 Å². The Labute approximate surface area is 224 Å². The molecule has 35 heavy (non-hydrogen) atoms.